The van der Waals surface area contributed by atoms with Crippen LogP contribution in [0.15, 0.2) is 0 Å². The molecule has 0 aromatic heterocycles. The van der Waals surface area contributed by atoms with Crippen molar-refractivity contribution in [3.8, 4) is 0 Å². The molecule has 0 radical (unpaired) electrons. The van der Waals surface area contributed by atoms with Crippen LogP contribution in [0.3, 0.4) is 0 Å². The third-order valence-corrected chi connectivity index (χ3v) is 1.97. The monoisotopic (exact) mass is 186 g/mol. The normalized spacial score (nSPS) is 10.8. The lowest BCUT2D eigenvalue weighted by Gasteiger charge is -2.03. The number of hydrogen-bond donors (Lipinski definition) is 0. The summed E-state index contributed by atoms with van der Waals surface area (Å²) >= 11 is 0. The minimum atomic E-state index is 0.342. The first kappa shape index (κ1) is 12.6. The van der Waals surface area contributed by atoms with E-state index in [-0.39, 0.29) is 0 Å². The first-order valence-corrected chi connectivity index (χ1v) is 5.26. The number of ketones is 1. The Hall–Kier alpha value is -0.370. The highest BCUT2D eigenvalue weighted by Gasteiger charge is 2.02. The Labute approximate surface area is 81.7 Å². The molecule has 2 nitrogen and oxygen atoms in total. The second-order valence-electron chi connectivity index (χ2n) is 3.77. The van der Waals surface area contributed by atoms with Gasteiger partial charge in [0.25, 0.3) is 0 Å². The SMILES string of the molecule is CCOCCC(=O)CCCC(C)C. The van der Waals surface area contributed by atoms with Crippen molar-refractivity contribution < 1.29 is 9.53 Å². The molecule has 2 heteroatoms. The second-order valence-corrected chi connectivity index (χ2v) is 3.77. The fraction of sp³-hybridized carbons (Fsp3) is 0.909. The third-order valence-electron chi connectivity index (χ3n) is 1.97. The van der Waals surface area contributed by atoms with Crippen LogP contribution in [0, 0.1) is 5.92 Å². The van der Waals surface area contributed by atoms with E-state index in [4.69, 9.17) is 4.74 Å². The lowest BCUT2D eigenvalue weighted by molar-refractivity contribution is -0.120. The summed E-state index contributed by atoms with van der Waals surface area (Å²) in [6.45, 7) is 7.62. The maximum atomic E-state index is 11.2. The smallest absolute Gasteiger partial charge is 0.135 e. The Morgan fingerprint density at radius 1 is 1.31 bits per heavy atom. The van der Waals surface area contributed by atoms with E-state index in [1.54, 1.807) is 0 Å². The maximum absolute atomic E-state index is 11.2. The van der Waals surface area contributed by atoms with Crippen molar-refractivity contribution in [1.29, 1.82) is 0 Å². The Balaban J connectivity index is 3.20. The van der Waals surface area contributed by atoms with Gasteiger partial charge in [-0.1, -0.05) is 20.3 Å². The van der Waals surface area contributed by atoms with Gasteiger partial charge in [0.1, 0.15) is 5.78 Å². The van der Waals surface area contributed by atoms with E-state index in [0.717, 1.165) is 19.3 Å². The molecule has 13 heavy (non-hydrogen) atoms. The molecule has 0 amide bonds. The summed E-state index contributed by atoms with van der Waals surface area (Å²) < 4.78 is 5.11. The molecule has 0 rings (SSSR count). The van der Waals surface area contributed by atoms with Crippen LogP contribution in [0.2, 0.25) is 0 Å². The van der Waals surface area contributed by atoms with Crippen LogP contribution >= 0.6 is 0 Å². The fourth-order valence-corrected chi connectivity index (χ4v) is 1.16. The number of rotatable bonds is 8. The Morgan fingerprint density at radius 3 is 2.54 bits per heavy atom. The lowest BCUT2D eigenvalue weighted by atomic mass is 10.0. The van der Waals surface area contributed by atoms with Gasteiger partial charge in [-0.05, 0) is 19.3 Å². The minimum Gasteiger partial charge on any atom is -0.381 e. The molecule has 0 aliphatic heterocycles. The predicted molar refractivity (Wildman–Crippen MR) is 54.8 cm³/mol. The van der Waals surface area contributed by atoms with E-state index in [2.05, 4.69) is 13.8 Å². The Morgan fingerprint density at radius 2 is 2.00 bits per heavy atom. The summed E-state index contributed by atoms with van der Waals surface area (Å²) in [5.74, 6) is 1.05. The molecule has 0 heterocycles. The average molecular weight is 186 g/mol. The molecule has 0 bridgehead atoms. The zero-order valence-electron chi connectivity index (χ0n) is 9.14. The van der Waals surface area contributed by atoms with E-state index in [1.165, 1.54) is 0 Å². The van der Waals surface area contributed by atoms with Gasteiger partial charge in [-0.2, -0.15) is 0 Å². The summed E-state index contributed by atoms with van der Waals surface area (Å²) in [6.07, 6.45) is 3.50. The highest BCUT2D eigenvalue weighted by Crippen LogP contribution is 2.07. The third kappa shape index (κ3) is 9.54. The van der Waals surface area contributed by atoms with Gasteiger partial charge in [0.15, 0.2) is 0 Å². The number of carbonyl (C=O) groups is 1. The Bertz CT molecular complexity index is 130. The number of carbonyl (C=O) groups excluding carboxylic acids is 1. The molecular formula is C11H22O2. The molecule has 0 spiro atoms. The van der Waals surface area contributed by atoms with E-state index in [0.29, 0.717) is 31.3 Å². The van der Waals surface area contributed by atoms with E-state index < -0.39 is 0 Å². The van der Waals surface area contributed by atoms with Gasteiger partial charge in [-0.25, -0.2) is 0 Å². The molecule has 0 saturated heterocycles. The van der Waals surface area contributed by atoms with Crippen LogP contribution in [0.25, 0.3) is 0 Å². The molecular weight excluding hydrogens is 164 g/mol. The van der Waals surface area contributed by atoms with E-state index >= 15 is 0 Å². The first-order chi connectivity index (χ1) is 6.16. The van der Waals surface area contributed by atoms with Crippen LogP contribution in [0.1, 0.15) is 46.5 Å². The highest BCUT2D eigenvalue weighted by atomic mass is 16.5. The fourth-order valence-electron chi connectivity index (χ4n) is 1.16. The van der Waals surface area contributed by atoms with Crippen LogP contribution in [0.4, 0.5) is 0 Å². The zero-order chi connectivity index (χ0) is 10.1. The van der Waals surface area contributed by atoms with Gasteiger partial charge in [0.05, 0.1) is 6.61 Å². The lowest BCUT2D eigenvalue weighted by Crippen LogP contribution is -2.04. The van der Waals surface area contributed by atoms with Gasteiger partial charge >= 0.3 is 0 Å². The topological polar surface area (TPSA) is 26.3 Å². The van der Waals surface area contributed by atoms with Crippen LogP contribution in [0.5, 0.6) is 0 Å². The van der Waals surface area contributed by atoms with Gasteiger partial charge in [0.2, 0.25) is 0 Å². The van der Waals surface area contributed by atoms with Crippen LogP contribution in [-0.4, -0.2) is 19.0 Å². The highest BCUT2D eigenvalue weighted by molar-refractivity contribution is 5.78. The molecule has 0 atom stereocenters. The molecule has 0 aromatic rings. The quantitative estimate of drug-likeness (QED) is 0.545. The number of Topliss-reactive ketones (excluding diaryl/α,β-unsaturated/α-hetero) is 1. The van der Waals surface area contributed by atoms with Crippen molar-refractivity contribution in [1.82, 2.24) is 0 Å². The first-order valence-electron chi connectivity index (χ1n) is 5.26. The van der Waals surface area contributed by atoms with Crippen molar-refractivity contribution in [3.05, 3.63) is 0 Å². The summed E-state index contributed by atoms with van der Waals surface area (Å²) in [4.78, 5) is 11.2. The molecule has 0 fully saturated rings. The van der Waals surface area contributed by atoms with Crippen LogP contribution < -0.4 is 0 Å². The van der Waals surface area contributed by atoms with Crippen molar-refractivity contribution in [3.63, 3.8) is 0 Å². The van der Waals surface area contributed by atoms with Gasteiger partial charge in [0, 0.05) is 19.4 Å². The summed E-state index contributed by atoms with van der Waals surface area (Å²) in [5.41, 5.74) is 0. The minimum absolute atomic E-state index is 0.342. The van der Waals surface area contributed by atoms with Crippen molar-refractivity contribution >= 4 is 5.78 Å². The summed E-state index contributed by atoms with van der Waals surface area (Å²) in [7, 11) is 0. The summed E-state index contributed by atoms with van der Waals surface area (Å²) in [5, 5.41) is 0. The zero-order valence-corrected chi connectivity index (χ0v) is 9.14. The number of ether oxygens (including phenoxy) is 1. The van der Waals surface area contributed by atoms with Gasteiger partial charge < -0.3 is 4.74 Å². The second kappa shape index (κ2) is 8.24. The standard InChI is InChI=1S/C11H22O2/c1-4-13-9-8-11(12)7-5-6-10(2)3/h10H,4-9H2,1-3H3. The van der Waals surface area contributed by atoms with E-state index in [1.807, 2.05) is 6.92 Å². The van der Waals surface area contributed by atoms with E-state index in [9.17, 15) is 4.79 Å². The number of hydrogen-bond acceptors (Lipinski definition) is 2. The molecule has 0 unspecified atom stereocenters. The molecule has 0 aliphatic carbocycles. The van der Waals surface area contributed by atoms with Crippen LogP contribution in [-0.2, 0) is 9.53 Å². The van der Waals surface area contributed by atoms with Crippen molar-refractivity contribution in [2.24, 2.45) is 5.92 Å². The molecule has 0 N–H and O–H groups in total. The van der Waals surface area contributed by atoms with Gasteiger partial charge in [-0.3, -0.25) is 4.79 Å². The average Bonchev–Trinajstić information content (AvgIpc) is 2.04. The van der Waals surface area contributed by atoms with Crippen molar-refractivity contribution in [2.75, 3.05) is 13.2 Å². The van der Waals surface area contributed by atoms with Crippen molar-refractivity contribution in [2.45, 2.75) is 46.5 Å². The maximum Gasteiger partial charge on any atom is 0.135 e. The van der Waals surface area contributed by atoms with Gasteiger partial charge in [-0.15, -0.1) is 0 Å². The molecule has 0 aliphatic rings. The molecule has 0 saturated carbocycles. The molecule has 0 aromatic carbocycles. The predicted octanol–water partition coefficient (Wildman–Crippen LogP) is 2.81. The largest absolute Gasteiger partial charge is 0.381 e. The Kier molecular flexibility index (Phi) is 8.00. The molecule has 78 valence electrons. The summed E-state index contributed by atoms with van der Waals surface area (Å²) in [6, 6.07) is 0.